The molecule has 2 heterocycles. The fourth-order valence-electron chi connectivity index (χ4n) is 9.07. The van der Waals surface area contributed by atoms with E-state index < -0.39 is 0 Å². The van der Waals surface area contributed by atoms with Crippen LogP contribution < -0.4 is 9.80 Å². The maximum absolute atomic E-state index is 2.45. The molecular formula is C54H48N2. The van der Waals surface area contributed by atoms with Crippen LogP contribution in [0.25, 0.3) is 33.0 Å². The molecule has 56 heavy (non-hydrogen) atoms. The topological polar surface area (TPSA) is 6.48 Å². The largest absolute Gasteiger partial charge is 0.310 e. The van der Waals surface area contributed by atoms with Crippen molar-refractivity contribution in [1.82, 2.24) is 0 Å². The summed E-state index contributed by atoms with van der Waals surface area (Å²) in [5.41, 5.74) is 17.1. The summed E-state index contributed by atoms with van der Waals surface area (Å²) in [4.78, 5) is 4.88. The molecule has 0 fully saturated rings. The van der Waals surface area contributed by atoms with Gasteiger partial charge < -0.3 is 9.80 Å². The van der Waals surface area contributed by atoms with Gasteiger partial charge in [-0.25, -0.2) is 0 Å². The third-order valence-corrected chi connectivity index (χ3v) is 12.0. The lowest BCUT2D eigenvalue weighted by Crippen LogP contribution is -2.31. The van der Waals surface area contributed by atoms with Crippen molar-refractivity contribution in [2.75, 3.05) is 9.80 Å². The maximum Gasteiger partial charge on any atom is 0.0503 e. The van der Waals surface area contributed by atoms with Gasteiger partial charge in [-0.05, 0) is 122 Å². The van der Waals surface area contributed by atoms with E-state index in [0.717, 1.165) is 5.69 Å². The van der Waals surface area contributed by atoms with Crippen molar-refractivity contribution in [2.45, 2.75) is 52.4 Å². The molecule has 8 aromatic rings. The first-order chi connectivity index (χ1) is 27.3. The van der Waals surface area contributed by atoms with Crippen molar-refractivity contribution in [3.05, 3.63) is 204 Å². The molecule has 0 amide bonds. The van der Waals surface area contributed by atoms with E-state index in [1.54, 1.807) is 0 Å². The van der Waals surface area contributed by atoms with Gasteiger partial charge in [-0.3, -0.25) is 0 Å². The highest BCUT2D eigenvalue weighted by Gasteiger charge is 2.39. The predicted octanol–water partition coefficient (Wildman–Crippen LogP) is 15.4. The Balaban J connectivity index is 0.00000202. The summed E-state index contributed by atoms with van der Waals surface area (Å²) in [6, 6.07) is 67.1. The average molecular weight is 725 g/mol. The van der Waals surface area contributed by atoms with E-state index in [4.69, 9.17) is 0 Å². The van der Waals surface area contributed by atoms with Crippen molar-refractivity contribution in [3.63, 3.8) is 0 Å². The lowest BCUT2D eigenvalue weighted by molar-refractivity contribution is 0.631. The molecule has 0 radical (unpaired) electrons. The van der Waals surface area contributed by atoms with Gasteiger partial charge in [0.2, 0.25) is 0 Å². The normalized spacial score (nSPS) is 14.5. The maximum atomic E-state index is 2.45. The Bertz CT molecular complexity index is 2720. The summed E-state index contributed by atoms with van der Waals surface area (Å²) in [5.74, 6) is 0. The van der Waals surface area contributed by atoms with Gasteiger partial charge in [0, 0.05) is 22.2 Å². The zero-order valence-corrected chi connectivity index (χ0v) is 33.2. The van der Waals surface area contributed by atoms with Crippen molar-refractivity contribution in [3.8, 4) is 22.3 Å². The van der Waals surface area contributed by atoms with Gasteiger partial charge in [0.25, 0.3) is 0 Å². The summed E-state index contributed by atoms with van der Waals surface area (Å²) >= 11 is 0. The molecule has 2 aliphatic heterocycles. The van der Waals surface area contributed by atoms with Crippen molar-refractivity contribution in [1.29, 1.82) is 0 Å². The molecule has 274 valence electrons. The SMILES string of the molecule is CC.CC1(C)c2ccccc2N(c2ccccc2)c2ccc(-c3ccc4c(c3)C(C)(C)c3ccccc3N4c3ccc(-c4ccc5ccccc5c4)cc3)cc21. The van der Waals surface area contributed by atoms with Crippen LogP contribution >= 0.6 is 0 Å². The van der Waals surface area contributed by atoms with Crippen LogP contribution in [0, 0.1) is 0 Å². The zero-order valence-electron chi connectivity index (χ0n) is 33.2. The van der Waals surface area contributed by atoms with E-state index in [-0.39, 0.29) is 10.8 Å². The fraction of sp³-hybridized carbons (Fsp3) is 0.148. The summed E-state index contributed by atoms with van der Waals surface area (Å²) in [6.45, 7) is 13.5. The summed E-state index contributed by atoms with van der Waals surface area (Å²) < 4.78 is 0. The van der Waals surface area contributed by atoms with Crippen molar-refractivity contribution >= 4 is 44.9 Å². The first kappa shape index (κ1) is 35.3. The lowest BCUT2D eigenvalue weighted by Gasteiger charge is -2.43. The molecule has 0 atom stereocenters. The Hall–Kier alpha value is -6.38. The number of anilines is 6. The van der Waals surface area contributed by atoms with Crippen LogP contribution in [0.2, 0.25) is 0 Å². The van der Waals surface area contributed by atoms with Crippen molar-refractivity contribution in [2.24, 2.45) is 0 Å². The van der Waals surface area contributed by atoms with Crippen LogP contribution in [0.4, 0.5) is 34.1 Å². The van der Waals surface area contributed by atoms with Gasteiger partial charge in [-0.1, -0.05) is 157 Å². The van der Waals surface area contributed by atoms with E-state index >= 15 is 0 Å². The van der Waals surface area contributed by atoms with Crippen molar-refractivity contribution < 1.29 is 0 Å². The first-order valence-electron chi connectivity index (χ1n) is 20.0. The number of fused-ring (bicyclic) bond motifs is 5. The Morgan fingerprint density at radius 1 is 0.304 bits per heavy atom. The summed E-state index contributed by atoms with van der Waals surface area (Å²) in [6.07, 6.45) is 0. The van der Waals surface area contributed by atoms with Gasteiger partial charge in [0.05, 0.1) is 22.7 Å². The second-order valence-electron chi connectivity index (χ2n) is 15.9. The number of hydrogen-bond donors (Lipinski definition) is 0. The molecular weight excluding hydrogens is 677 g/mol. The van der Waals surface area contributed by atoms with E-state index in [1.807, 2.05) is 13.8 Å². The minimum absolute atomic E-state index is 0.171. The molecule has 8 aromatic carbocycles. The summed E-state index contributed by atoms with van der Waals surface area (Å²) in [5, 5.41) is 2.52. The molecule has 0 spiro atoms. The number of para-hydroxylation sites is 3. The Morgan fingerprint density at radius 2 is 0.696 bits per heavy atom. The van der Waals surface area contributed by atoms with Crippen LogP contribution in [0.1, 0.15) is 63.8 Å². The van der Waals surface area contributed by atoms with Crippen LogP contribution in [0.15, 0.2) is 182 Å². The van der Waals surface area contributed by atoms with Crippen LogP contribution in [0.5, 0.6) is 0 Å². The highest BCUT2D eigenvalue weighted by atomic mass is 15.2. The number of rotatable bonds is 4. The Labute approximate surface area is 332 Å². The molecule has 0 aromatic heterocycles. The number of hydrogen-bond acceptors (Lipinski definition) is 2. The number of benzene rings is 8. The number of nitrogens with zero attached hydrogens (tertiary/aromatic N) is 2. The van der Waals surface area contributed by atoms with Gasteiger partial charge in [0.15, 0.2) is 0 Å². The molecule has 0 N–H and O–H groups in total. The van der Waals surface area contributed by atoms with E-state index in [9.17, 15) is 0 Å². The highest BCUT2D eigenvalue weighted by molar-refractivity contribution is 5.91. The highest BCUT2D eigenvalue weighted by Crippen LogP contribution is 2.55. The third kappa shape index (κ3) is 5.63. The molecule has 0 saturated carbocycles. The molecule has 0 bridgehead atoms. The molecule has 0 aliphatic carbocycles. The first-order valence-corrected chi connectivity index (χ1v) is 20.0. The van der Waals surface area contributed by atoms with Crippen LogP contribution in [0.3, 0.4) is 0 Å². The van der Waals surface area contributed by atoms with Gasteiger partial charge >= 0.3 is 0 Å². The smallest absolute Gasteiger partial charge is 0.0503 e. The fourth-order valence-corrected chi connectivity index (χ4v) is 9.07. The second-order valence-corrected chi connectivity index (χ2v) is 15.9. The third-order valence-electron chi connectivity index (χ3n) is 12.0. The Kier molecular flexibility index (Phi) is 8.66. The molecule has 2 heteroatoms. The standard InChI is InChI=1S/C52H42N2.C2H6/c1-51(2)43-18-10-12-20-47(43)53(41-16-6-5-7-17-41)49-30-26-39(33-45(49)51)40-27-31-50-46(34-40)52(3,4)44-19-11-13-21-48(44)54(50)42-28-24-36(25-29-42)38-23-22-35-14-8-9-15-37(35)32-38;1-2/h5-34H,1-4H3;1-2H3. The lowest BCUT2D eigenvalue weighted by atomic mass is 9.71. The van der Waals surface area contributed by atoms with E-state index in [2.05, 4.69) is 219 Å². The second kappa shape index (κ2) is 13.7. The van der Waals surface area contributed by atoms with Gasteiger partial charge in [-0.15, -0.1) is 0 Å². The van der Waals surface area contributed by atoms with Crippen LogP contribution in [-0.2, 0) is 10.8 Å². The predicted molar refractivity (Wildman–Crippen MR) is 240 cm³/mol. The molecule has 0 saturated heterocycles. The molecule has 10 rings (SSSR count). The molecule has 2 aliphatic rings. The Morgan fingerprint density at radius 3 is 1.25 bits per heavy atom. The quantitative estimate of drug-likeness (QED) is 0.178. The average Bonchev–Trinajstić information content (AvgIpc) is 3.25. The molecule has 0 unspecified atom stereocenters. The summed E-state index contributed by atoms with van der Waals surface area (Å²) in [7, 11) is 0. The van der Waals surface area contributed by atoms with E-state index in [0.29, 0.717) is 0 Å². The minimum Gasteiger partial charge on any atom is -0.310 e. The van der Waals surface area contributed by atoms with Gasteiger partial charge in [-0.2, -0.15) is 0 Å². The van der Waals surface area contributed by atoms with Gasteiger partial charge in [0.1, 0.15) is 0 Å². The van der Waals surface area contributed by atoms with Crippen LogP contribution in [-0.4, -0.2) is 0 Å². The zero-order chi connectivity index (χ0) is 38.6. The minimum atomic E-state index is -0.194. The van der Waals surface area contributed by atoms with E-state index in [1.165, 1.54) is 83.7 Å². The molecule has 2 nitrogen and oxygen atoms in total. The monoisotopic (exact) mass is 724 g/mol.